The summed E-state index contributed by atoms with van der Waals surface area (Å²) in [7, 11) is -3.51. The van der Waals surface area contributed by atoms with Crippen molar-refractivity contribution in [3.05, 3.63) is 35.4 Å². The molecule has 96 valence electrons. The van der Waals surface area contributed by atoms with Crippen molar-refractivity contribution in [3.63, 3.8) is 0 Å². The van der Waals surface area contributed by atoms with E-state index in [0.29, 0.717) is 0 Å². The molecule has 0 bridgehead atoms. The SMILES string of the molecule is CCOP(=O)(O)Cc1ccccc1C(C)(C)C. The van der Waals surface area contributed by atoms with E-state index in [0.717, 1.165) is 11.1 Å². The molecule has 1 N–H and O–H groups in total. The third-order valence-electron chi connectivity index (χ3n) is 2.53. The first-order valence-corrected chi connectivity index (χ1v) is 7.57. The number of hydrogen-bond donors (Lipinski definition) is 1. The minimum Gasteiger partial charge on any atom is -0.324 e. The molecule has 0 spiro atoms. The molecule has 0 radical (unpaired) electrons. The Morgan fingerprint density at radius 2 is 1.88 bits per heavy atom. The fourth-order valence-corrected chi connectivity index (χ4v) is 3.05. The van der Waals surface area contributed by atoms with Crippen molar-refractivity contribution >= 4 is 7.60 Å². The highest BCUT2D eigenvalue weighted by Gasteiger charge is 2.24. The summed E-state index contributed by atoms with van der Waals surface area (Å²) < 4.78 is 16.7. The predicted octanol–water partition coefficient (Wildman–Crippen LogP) is 3.71. The molecular weight excluding hydrogens is 235 g/mol. The van der Waals surface area contributed by atoms with E-state index < -0.39 is 7.60 Å². The lowest BCUT2D eigenvalue weighted by atomic mass is 9.84. The zero-order valence-corrected chi connectivity index (χ0v) is 11.8. The summed E-state index contributed by atoms with van der Waals surface area (Å²) >= 11 is 0. The van der Waals surface area contributed by atoms with Crippen LogP contribution in [0.5, 0.6) is 0 Å². The molecule has 0 aromatic heterocycles. The molecular formula is C13H21O3P. The van der Waals surface area contributed by atoms with Crippen LogP contribution in [0.15, 0.2) is 24.3 Å². The lowest BCUT2D eigenvalue weighted by Gasteiger charge is -2.23. The van der Waals surface area contributed by atoms with Crippen LogP contribution in [-0.2, 0) is 20.7 Å². The van der Waals surface area contributed by atoms with Crippen LogP contribution < -0.4 is 0 Å². The summed E-state index contributed by atoms with van der Waals surface area (Å²) in [5.41, 5.74) is 1.94. The Balaban J connectivity index is 3.03. The minimum atomic E-state index is -3.51. The fraction of sp³-hybridized carbons (Fsp3) is 0.538. The largest absolute Gasteiger partial charge is 0.332 e. The van der Waals surface area contributed by atoms with Crippen molar-refractivity contribution in [3.8, 4) is 0 Å². The maximum absolute atomic E-state index is 11.8. The molecule has 1 unspecified atom stereocenters. The van der Waals surface area contributed by atoms with Crippen LogP contribution in [-0.4, -0.2) is 11.5 Å². The smallest absolute Gasteiger partial charge is 0.324 e. The Labute approximate surface area is 103 Å². The van der Waals surface area contributed by atoms with Crippen LogP contribution in [0, 0.1) is 0 Å². The molecule has 0 saturated carbocycles. The van der Waals surface area contributed by atoms with Crippen LogP contribution in [0.4, 0.5) is 0 Å². The topological polar surface area (TPSA) is 46.5 Å². The Hall–Kier alpha value is -0.630. The van der Waals surface area contributed by atoms with Crippen molar-refractivity contribution in [2.45, 2.75) is 39.3 Å². The van der Waals surface area contributed by atoms with Gasteiger partial charge in [-0.25, -0.2) is 0 Å². The van der Waals surface area contributed by atoms with Gasteiger partial charge in [0.25, 0.3) is 0 Å². The molecule has 3 nitrogen and oxygen atoms in total. The first-order chi connectivity index (χ1) is 7.76. The highest BCUT2D eigenvalue weighted by molar-refractivity contribution is 7.51. The first-order valence-electron chi connectivity index (χ1n) is 5.81. The maximum Gasteiger partial charge on any atom is 0.332 e. The van der Waals surface area contributed by atoms with Gasteiger partial charge in [0.15, 0.2) is 0 Å². The highest BCUT2D eigenvalue weighted by Crippen LogP contribution is 2.47. The second-order valence-electron chi connectivity index (χ2n) is 5.12. The second kappa shape index (κ2) is 5.34. The molecule has 0 aliphatic rings. The lowest BCUT2D eigenvalue weighted by molar-refractivity contribution is 0.272. The third-order valence-corrected chi connectivity index (χ3v) is 3.93. The van der Waals surface area contributed by atoms with Gasteiger partial charge in [-0.3, -0.25) is 4.57 Å². The molecule has 0 heterocycles. The first kappa shape index (κ1) is 14.4. The van der Waals surface area contributed by atoms with Crippen molar-refractivity contribution in [2.75, 3.05) is 6.61 Å². The van der Waals surface area contributed by atoms with E-state index in [1.807, 2.05) is 24.3 Å². The molecule has 0 aliphatic carbocycles. The monoisotopic (exact) mass is 256 g/mol. The molecule has 1 aromatic carbocycles. The van der Waals surface area contributed by atoms with Crippen molar-refractivity contribution in [1.29, 1.82) is 0 Å². The average Bonchev–Trinajstić information content (AvgIpc) is 2.15. The summed E-state index contributed by atoms with van der Waals surface area (Å²) in [6.45, 7) is 8.25. The molecule has 0 fully saturated rings. The Morgan fingerprint density at radius 3 is 2.41 bits per heavy atom. The van der Waals surface area contributed by atoms with Crippen LogP contribution in [0.2, 0.25) is 0 Å². The Morgan fingerprint density at radius 1 is 1.29 bits per heavy atom. The van der Waals surface area contributed by atoms with Crippen LogP contribution in [0.3, 0.4) is 0 Å². The van der Waals surface area contributed by atoms with Gasteiger partial charge in [-0.1, -0.05) is 45.0 Å². The van der Waals surface area contributed by atoms with Crippen LogP contribution in [0.1, 0.15) is 38.8 Å². The van der Waals surface area contributed by atoms with Gasteiger partial charge < -0.3 is 9.42 Å². The summed E-state index contributed by atoms with van der Waals surface area (Å²) in [6.07, 6.45) is 0.0777. The molecule has 1 aromatic rings. The van der Waals surface area contributed by atoms with Gasteiger partial charge >= 0.3 is 7.60 Å². The van der Waals surface area contributed by atoms with Gasteiger partial charge in [0.05, 0.1) is 12.8 Å². The number of rotatable bonds is 4. The van der Waals surface area contributed by atoms with Crippen LogP contribution in [0.25, 0.3) is 0 Å². The number of benzene rings is 1. The zero-order chi connectivity index (χ0) is 13.1. The molecule has 0 aliphatic heterocycles. The van der Waals surface area contributed by atoms with Crippen molar-refractivity contribution in [2.24, 2.45) is 0 Å². The summed E-state index contributed by atoms with van der Waals surface area (Å²) in [4.78, 5) is 9.69. The van der Waals surface area contributed by atoms with E-state index in [2.05, 4.69) is 20.8 Å². The quantitative estimate of drug-likeness (QED) is 0.835. The normalized spacial score (nSPS) is 15.6. The highest BCUT2D eigenvalue weighted by atomic mass is 31.2. The van der Waals surface area contributed by atoms with Crippen molar-refractivity contribution < 1.29 is 14.0 Å². The van der Waals surface area contributed by atoms with E-state index in [1.165, 1.54) is 0 Å². The zero-order valence-electron chi connectivity index (χ0n) is 10.9. The molecule has 17 heavy (non-hydrogen) atoms. The van der Waals surface area contributed by atoms with Gasteiger partial charge in [0.1, 0.15) is 0 Å². The Kier molecular flexibility index (Phi) is 4.54. The predicted molar refractivity (Wildman–Crippen MR) is 70.3 cm³/mol. The van der Waals surface area contributed by atoms with E-state index in [4.69, 9.17) is 4.52 Å². The molecule has 4 heteroatoms. The number of hydrogen-bond acceptors (Lipinski definition) is 2. The summed E-state index contributed by atoms with van der Waals surface area (Å²) in [6, 6.07) is 7.73. The minimum absolute atomic E-state index is 0.0389. The molecule has 0 amide bonds. The van der Waals surface area contributed by atoms with E-state index in [-0.39, 0.29) is 18.2 Å². The van der Waals surface area contributed by atoms with Gasteiger partial charge in [-0.15, -0.1) is 0 Å². The third kappa shape index (κ3) is 4.27. The van der Waals surface area contributed by atoms with Gasteiger partial charge in [-0.05, 0) is 23.5 Å². The van der Waals surface area contributed by atoms with Crippen molar-refractivity contribution in [1.82, 2.24) is 0 Å². The fourth-order valence-electron chi connectivity index (χ4n) is 1.85. The lowest BCUT2D eigenvalue weighted by Crippen LogP contribution is -2.14. The molecule has 1 rings (SSSR count). The van der Waals surface area contributed by atoms with Gasteiger partial charge in [0.2, 0.25) is 0 Å². The van der Waals surface area contributed by atoms with E-state index in [1.54, 1.807) is 6.92 Å². The summed E-state index contributed by atoms with van der Waals surface area (Å²) in [5, 5.41) is 0. The average molecular weight is 256 g/mol. The summed E-state index contributed by atoms with van der Waals surface area (Å²) in [5.74, 6) is 0. The molecule has 0 saturated heterocycles. The standard InChI is InChI=1S/C13H21O3P/c1-5-16-17(14,15)10-11-8-6-7-9-12(11)13(2,3)4/h6-9H,5,10H2,1-4H3,(H,14,15). The molecule has 1 atom stereocenters. The van der Waals surface area contributed by atoms with Crippen LogP contribution >= 0.6 is 7.60 Å². The van der Waals surface area contributed by atoms with Gasteiger partial charge in [-0.2, -0.15) is 0 Å². The van der Waals surface area contributed by atoms with E-state index in [9.17, 15) is 9.46 Å². The van der Waals surface area contributed by atoms with Gasteiger partial charge in [0, 0.05) is 0 Å². The maximum atomic E-state index is 11.8. The second-order valence-corrected chi connectivity index (χ2v) is 6.97. The Bertz CT molecular complexity index is 421. The van der Waals surface area contributed by atoms with E-state index >= 15 is 0 Å².